The van der Waals surface area contributed by atoms with Gasteiger partial charge in [0.1, 0.15) is 5.75 Å². The van der Waals surface area contributed by atoms with E-state index in [-0.39, 0.29) is 23.1 Å². The van der Waals surface area contributed by atoms with E-state index in [1.807, 2.05) is 7.05 Å². The molecule has 2 heterocycles. The zero-order valence-corrected chi connectivity index (χ0v) is 18.7. The normalized spacial score (nSPS) is 14.9. The summed E-state index contributed by atoms with van der Waals surface area (Å²) in [6.07, 6.45) is 7.03. The van der Waals surface area contributed by atoms with Crippen LogP contribution in [0.3, 0.4) is 0 Å². The summed E-state index contributed by atoms with van der Waals surface area (Å²) in [5, 5.41) is 29.7. The Kier molecular flexibility index (Phi) is 6.84. The lowest BCUT2D eigenvalue weighted by Crippen LogP contribution is -2.34. The molecule has 3 aromatic rings. The van der Waals surface area contributed by atoms with Crippen LogP contribution in [0.4, 0.5) is 5.82 Å². The number of nitrogens with zero attached hydrogens (tertiary/aromatic N) is 7. The Bertz CT molecular complexity index is 1150. The lowest BCUT2D eigenvalue weighted by molar-refractivity contribution is 0.0947. The van der Waals surface area contributed by atoms with Crippen LogP contribution >= 0.6 is 11.6 Å². The van der Waals surface area contributed by atoms with Gasteiger partial charge in [-0.05, 0) is 48.4 Å². The molecule has 0 radical (unpaired) electrons. The lowest BCUT2D eigenvalue weighted by Gasteiger charge is -2.31. The van der Waals surface area contributed by atoms with Crippen molar-refractivity contribution >= 4 is 29.5 Å². The van der Waals surface area contributed by atoms with E-state index in [0.29, 0.717) is 28.9 Å². The molecule has 1 aliphatic rings. The number of nitrogen functional groups attached to an aromatic ring is 1. The Balaban J connectivity index is 1.58. The summed E-state index contributed by atoms with van der Waals surface area (Å²) in [4.78, 5) is 15.1. The largest absolute Gasteiger partial charge is 0.507 e. The average molecular weight is 474 g/mol. The minimum Gasteiger partial charge on any atom is -0.507 e. The molecule has 2 aromatic heterocycles. The molecule has 0 bridgehead atoms. The number of hydrogen-bond donors (Lipinski definition) is 3. The summed E-state index contributed by atoms with van der Waals surface area (Å²) >= 11 is 5.94. The standard InChI is InChI=1S/C20H24ClN9O3/c1-29(14-5-3-2-4-6-14)11-15-17(24-28-30(15)19-18(22)26-33-27-19)20(32)25-23-10-12-9-13(21)7-8-16(12)31/h7-10,14,31H,2-6,11H2,1H3,(H2,22,26)(H,25,32)/b23-10+. The van der Waals surface area contributed by atoms with E-state index < -0.39 is 5.91 Å². The van der Waals surface area contributed by atoms with Crippen molar-refractivity contribution in [3.05, 3.63) is 40.2 Å². The monoisotopic (exact) mass is 473 g/mol. The van der Waals surface area contributed by atoms with Gasteiger partial charge in [-0.2, -0.15) is 9.78 Å². The van der Waals surface area contributed by atoms with E-state index >= 15 is 0 Å². The van der Waals surface area contributed by atoms with E-state index in [1.54, 1.807) is 6.07 Å². The molecule has 1 aliphatic carbocycles. The van der Waals surface area contributed by atoms with E-state index in [0.717, 1.165) is 12.8 Å². The number of halogens is 1. The smallest absolute Gasteiger partial charge is 0.293 e. The molecule has 0 aliphatic heterocycles. The maximum atomic E-state index is 12.9. The van der Waals surface area contributed by atoms with Gasteiger partial charge in [-0.25, -0.2) is 10.1 Å². The SMILES string of the molecule is CN(Cc1c(C(=O)N/N=C/c2cc(Cl)ccc2O)nnn1-c1nonc1N)C1CCCCC1. The van der Waals surface area contributed by atoms with E-state index in [1.165, 1.54) is 42.3 Å². The maximum absolute atomic E-state index is 12.9. The van der Waals surface area contributed by atoms with Gasteiger partial charge in [-0.3, -0.25) is 9.69 Å². The van der Waals surface area contributed by atoms with Gasteiger partial charge in [0.2, 0.25) is 11.6 Å². The number of hydrogen-bond acceptors (Lipinski definition) is 10. The maximum Gasteiger partial charge on any atom is 0.293 e. The minimum atomic E-state index is -0.582. The fraction of sp³-hybridized carbons (Fsp3) is 0.400. The van der Waals surface area contributed by atoms with Crippen molar-refractivity contribution in [1.82, 2.24) is 35.6 Å². The highest BCUT2D eigenvalue weighted by Crippen LogP contribution is 2.25. The Morgan fingerprint density at radius 2 is 2.18 bits per heavy atom. The number of rotatable bonds is 7. The van der Waals surface area contributed by atoms with Crippen molar-refractivity contribution in [3.8, 4) is 11.6 Å². The van der Waals surface area contributed by atoms with Crippen molar-refractivity contribution < 1.29 is 14.5 Å². The number of phenols is 1. The van der Waals surface area contributed by atoms with Crippen LogP contribution in [0.2, 0.25) is 5.02 Å². The first-order chi connectivity index (χ1) is 15.9. The molecule has 0 unspecified atom stereocenters. The average Bonchev–Trinajstić information content (AvgIpc) is 3.42. The first kappa shape index (κ1) is 22.7. The summed E-state index contributed by atoms with van der Waals surface area (Å²) in [6.45, 7) is 0.380. The molecule has 174 valence electrons. The third-order valence-corrected chi connectivity index (χ3v) is 5.87. The molecule has 4 rings (SSSR count). The number of phenolic OH excluding ortho intramolecular Hbond substituents is 1. The molecule has 1 aromatic carbocycles. The Morgan fingerprint density at radius 1 is 1.39 bits per heavy atom. The van der Waals surface area contributed by atoms with Crippen LogP contribution in [0.25, 0.3) is 5.82 Å². The Morgan fingerprint density at radius 3 is 2.91 bits per heavy atom. The van der Waals surface area contributed by atoms with Gasteiger partial charge >= 0.3 is 0 Å². The molecular formula is C20H24ClN9O3. The third kappa shape index (κ3) is 5.12. The molecule has 33 heavy (non-hydrogen) atoms. The third-order valence-electron chi connectivity index (χ3n) is 5.63. The minimum absolute atomic E-state index is 0.0212. The van der Waals surface area contributed by atoms with Crippen molar-refractivity contribution in [1.29, 1.82) is 0 Å². The Labute approximate surface area is 194 Å². The zero-order valence-electron chi connectivity index (χ0n) is 18.0. The molecular weight excluding hydrogens is 450 g/mol. The molecule has 12 nitrogen and oxygen atoms in total. The second-order valence-electron chi connectivity index (χ2n) is 7.88. The van der Waals surface area contributed by atoms with Crippen LogP contribution < -0.4 is 11.2 Å². The number of amides is 1. The highest BCUT2D eigenvalue weighted by molar-refractivity contribution is 6.30. The van der Waals surface area contributed by atoms with Crippen LogP contribution in [0, 0.1) is 0 Å². The van der Waals surface area contributed by atoms with Gasteiger partial charge < -0.3 is 10.8 Å². The zero-order chi connectivity index (χ0) is 23.4. The number of aromatic nitrogens is 5. The molecule has 1 amide bonds. The van der Waals surface area contributed by atoms with Crippen LogP contribution in [0.1, 0.15) is 53.8 Å². The first-order valence-electron chi connectivity index (χ1n) is 10.5. The second-order valence-corrected chi connectivity index (χ2v) is 8.32. The summed E-state index contributed by atoms with van der Waals surface area (Å²) in [7, 11) is 2.00. The van der Waals surface area contributed by atoms with Crippen LogP contribution in [-0.2, 0) is 6.54 Å². The number of benzene rings is 1. The van der Waals surface area contributed by atoms with Gasteiger partial charge in [0.25, 0.3) is 5.91 Å². The van der Waals surface area contributed by atoms with Gasteiger partial charge in [-0.15, -0.1) is 5.10 Å². The van der Waals surface area contributed by atoms with Gasteiger partial charge in [-0.1, -0.05) is 36.1 Å². The van der Waals surface area contributed by atoms with E-state index in [9.17, 15) is 9.90 Å². The topological polar surface area (TPSA) is 161 Å². The lowest BCUT2D eigenvalue weighted by atomic mass is 9.94. The summed E-state index contributed by atoms with van der Waals surface area (Å²) in [5.74, 6) is -0.419. The number of nitrogens with two attached hydrogens (primary N) is 1. The quantitative estimate of drug-likeness (QED) is 0.344. The van der Waals surface area contributed by atoms with Crippen LogP contribution in [0.15, 0.2) is 27.9 Å². The van der Waals surface area contributed by atoms with Crippen molar-refractivity contribution in [2.24, 2.45) is 5.10 Å². The van der Waals surface area contributed by atoms with E-state index in [4.69, 9.17) is 22.0 Å². The number of carbonyl (C=O) groups is 1. The van der Waals surface area contributed by atoms with Crippen LogP contribution in [0.5, 0.6) is 5.75 Å². The van der Waals surface area contributed by atoms with Gasteiger partial charge in [0.05, 0.1) is 11.9 Å². The number of aromatic hydroxyl groups is 1. The second kappa shape index (κ2) is 9.96. The number of hydrazone groups is 1. The predicted octanol–water partition coefficient (Wildman–Crippen LogP) is 2.12. The Hall–Kier alpha value is -3.51. The molecule has 1 saturated carbocycles. The fourth-order valence-corrected chi connectivity index (χ4v) is 4.04. The van der Waals surface area contributed by atoms with Gasteiger partial charge in [0, 0.05) is 23.2 Å². The molecule has 1 fully saturated rings. The first-order valence-corrected chi connectivity index (χ1v) is 10.9. The van der Waals surface area contributed by atoms with Crippen molar-refractivity contribution in [2.75, 3.05) is 12.8 Å². The van der Waals surface area contributed by atoms with Gasteiger partial charge in [0.15, 0.2) is 5.69 Å². The summed E-state index contributed by atoms with van der Waals surface area (Å²) < 4.78 is 6.05. The highest BCUT2D eigenvalue weighted by atomic mass is 35.5. The summed E-state index contributed by atoms with van der Waals surface area (Å²) in [5.41, 5.74) is 9.15. The number of anilines is 1. The molecule has 0 saturated heterocycles. The fourth-order valence-electron chi connectivity index (χ4n) is 3.86. The van der Waals surface area contributed by atoms with E-state index in [2.05, 4.69) is 36.1 Å². The molecule has 13 heteroatoms. The molecule has 0 atom stereocenters. The van der Waals surface area contributed by atoms with Crippen molar-refractivity contribution in [3.63, 3.8) is 0 Å². The predicted molar refractivity (Wildman–Crippen MR) is 120 cm³/mol. The van der Waals surface area contributed by atoms with Crippen molar-refractivity contribution in [2.45, 2.75) is 44.7 Å². The van der Waals surface area contributed by atoms with Crippen LogP contribution in [-0.4, -0.2) is 60.5 Å². The number of nitrogens with one attached hydrogen (secondary N) is 1. The molecule has 4 N–H and O–H groups in total. The summed E-state index contributed by atoms with van der Waals surface area (Å²) in [6, 6.07) is 4.89. The number of carbonyl (C=O) groups excluding carboxylic acids is 1. The highest BCUT2D eigenvalue weighted by Gasteiger charge is 2.27. The molecule has 0 spiro atoms.